The summed E-state index contributed by atoms with van der Waals surface area (Å²) in [4.78, 5) is 10.8. The highest BCUT2D eigenvalue weighted by Crippen LogP contribution is 1.80. The van der Waals surface area contributed by atoms with Crippen molar-refractivity contribution in [1.29, 1.82) is 0 Å². The highest BCUT2D eigenvalue weighted by atomic mass is 16.6. The van der Waals surface area contributed by atoms with E-state index in [1.54, 1.807) is 0 Å². The lowest BCUT2D eigenvalue weighted by molar-refractivity contribution is 0.0537. The molecule has 0 heterocycles. The molecule has 1 amide bonds. The van der Waals surface area contributed by atoms with Crippen LogP contribution < -0.4 is 5.32 Å². The van der Waals surface area contributed by atoms with Gasteiger partial charge in [0.25, 0.3) is 0 Å². The number of alkyl carbamates (subject to hydrolysis) is 1. The molecule has 0 fully saturated rings. The fourth-order valence-corrected chi connectivity index (χ4v) is 0.638. The van der Waals surface area contributed by atoms with Crippen LogP contribution in [-0.4, -0.2) is 44.2 Å². The summed E-state index contributed by atoms with van der Waals surface area (Å²) in [7, 11) is 0. The van der Waals surface area contributed by atoms with E-state index in [2.05, 4.69) is 5.32 Å². The Kier molecular flexibility index (Phi) is 8.70. The second-order valence-corrected chi connectivity index (χ2v) is 2.40. The molecule has 0 atom stereocenters. The Morgan fingerprint density at radius 3 is 2.77 bits per heavy atom. The van der Waals surface area contributed by atoms with Gasteiger partial charge in [-0.1, -0.05) is 6.92 Å². The Labute approximate surface area is 78.0 Å². The molecule has 0 aliphatic rings. The molecule has 0 radical (unpaired) electrons. The first-order valence-electron chi connectivity index (χ1n) is 4.40. The summed E-state index contributed by atoms with van der Waals surface area (Å²) < 4.78 is 9.62. The molecule has 2 N–H and O–H groups in total. The van der Waals surface area contributed by atoms with E-state index in [0.29, 0.717) is 13.2 Å². The maximum atomic E-state index is 10.8. The Morgan fingerprint density at radius 1 is 1.38 bits per heavy atom. The number of ether oxygens (including phenoxy) is 2. The summed E-state index contributed by atoms with van der Waals surface area (Å²) in [6.07, 6.45) is 0.463. The smallest absolute Gasteiger partial charge is 0.407 e. The number of hydrogen-bond donors (Lipinski definition) is 2. The van der Waals surface area contributed by atoms with Crippen LogP contribution in [0.4, 0.5) is 4.79 Å². The predicted molar refractivity (Wildman–Crippen MR) is 47.5 cm³/mol. The molecule has 0 rings (SSSR count). The Bertz CT molecular complexity index is 129. The Hall–Kier alpha value is -0.810. The number of hydrogen-bond acceptors (Lipinski definition) is 4. The monoisotopic (exact) mass is 191 g/mol. The summed E-state index contributed by atoms with van der Waals surface area (Å²) >= 11 is 0. The third kappa shape index (κ3) is 9.10. The molecular weight excluding hydrogens is 174 g/mol. The highest BCUT2D eigenvalue weighted by Gasteiger charge is 1.98. The van der Waals surface area contributed by atoms with Crippen molar-refractivity contribution < 1.29 is 19.4 Å². The Morgan fingerprint density at radius 2 is 2.15 bits per heavy atom. The molecule has 13 heavy (non-hydrogen) atoms. The molecule has 0 unspecified atom stereocenters. The van der Waals surface area contributed by atoms with Gasteiger partial charge in [0.1, 0.15) is 6.61 Å². The van der Waals surface area contributed by atoms with Crippen LogP contribution in [0, 0.1) is 0 Å². The van der Waals surface area contributed by atoms with Crippen LogP contribution in [0.15, 0.2) is 0 Å². The van der Waals surface area contributed by atoms with Crippen molar-refractivity contribution in [3.05, 3.63) is 0 Å². The normalized spacial score (nSPS) is 9.69. The molecule has 78 valence electrons. The van der Waals surface area contributed by atoms with Crippen molar-refractivity contribution in [2.75, 3.05) is 33.0 Å². The minimum Gasteiger partial charge on any atom is -0.447 e. The highest BCUT2D eigenvalue weighted by molar-refractivity contribution is 5.66. The summed E-state index contributed by atoms with van der Waals surface area (Å²) in [5, 5.41) is 10.9. The number of carbonyl (C=O) groups is 1. The lowest BCUT2D eigenvalue weighted by Gasteiger charge is -2.05. The van der Waals surface area contributed by atoms with Crippen LogP contribution in [0.1, 0.15) is 13.3 Å². The topological polar surface area (TPSA) is 67.8 Å². The van der Waals surface area contributed by atoms with E-state index < -0.39 is 6.09 Å². The van der Waals surface area contributed by atoms with Crippen molar-refractivity contribution in [2.24, 2.45) is 0 Å². The van der Waals surface area contributed by atoms with Crippen molar-refractivity contribution in [1.82, 2.24) is 5.32 Å². The van der Waals surface area contributed by atoms with Gasteiger partial charge in [-0.05, 0) is 6.42 Å². The van der Waals surface area contributed by atoms with Crippen LogP contribution in [0.25, 0.3) is 0 Å². The van der Waals surface area contributed by atoms with Crippen LogP contribution in [0.3, 0.4) is 0 Å². The molecule has 0 aromatic rings. The minimum atomic E-state index is -0.422. The molecular formula is C8H17NO4. The summed E-state index contributed by atoms with van der Waals surface area (Å²) in [5.41, 5.74) is 0. The van der Waals surface area contributed by atoms with E-state index in [9.17, 15) is 4.79 Å². The quantitative estimate of drug-likeness (QED) is 0.561. The zero-order chi connectivity index (χ0) is 9.94. The number of rotatable bonds is 7. The van der Waals surface area contributed by atoms with Gasteiger partial charge in [-0.15, -0.1) is 0 Å². The fraction of sp³-hybridized carbons (Fsp3) is 0.875. The van der Waals surface area contributed by atoms with Crippen molar-refractivity contribution in [3.63, 3.8) is 0 Å². The zero-order valence-electron chi connectivity index (χ0n) is 7.91. The lowest BCUT2D eigenvalue weighted by Crippen LogP contribution is -2.26. The third-order valence-electron chi connectivity index (χ3n) is 1.22. The largest absolute Gasteiger partial charge is 0.447 e. The van der Waals surface area contributed by atoms with Gasteiger partial charge < -0.3 is 19.9 Å². The third-order valence-corrected chi connectivity index (χ3v) is 1.22. The van der Waals surface area contributed by atoms with Crippen LogP contribution in [0.5, 0.6) is 0 Å². The van der Waals surface area contributed by atoms with E-state index in [1.807, 2.05) is 6.92 Å². The number of carbonyl (C=O) groups excluding carboxylic acids is 1. The van der Waals surface area contributed by atoms with Crippen molar-refractivity contribution >= 4 is 6.09 Å². The molecule has 0 saturated carbocycles. The number of nitrogens with one attached hydrogen (secondary N) is 1. The standard InChI is InChI=1S/C8H17NO4/c1-2-3-9-8(11)13-7-6-12-5-4-10/h10H,2-7H2,1H3,(H,9,11). The van der Waals surface area contributed by atoms with Crippen molar-refractivity contribution in [3.8, 4) is 0 Å². The average Bonchev–Trinajstić information content (AvgIpc) is 2.14. The second-order valence-electron chi connectivity index (χ2n) is 2.40. The number of aliphatic hydroxyl groups excluding tert-OH is 1. The van der Waals surface area contributed by atoms with Crippen LogP contribution in [0.2, 0.25) is 0 Å². The maximum absolute atomic E-state index is 10.8. The van der Waals surface area contributed by atoms with Gasteiger partial charge in [-0.2, -0.15) is 0 Å². The molecule has 0 spiro atoms. The van der Waals surface area contributed by atoms with E-state index in [4.69, 9.17) is 14.6 Å². The summed E-state index contributed by atoms with van der Waals surface area (Å²) in [6.45, 7) is 3.39. The molecule has 0 aromatic carbocycles. The first kappa shape index (κ1) is 12.2. The van der Waals surface area contributed by atoms with Gasteiger partial charge in [0.15, 0.2) is 0 Å². The number of aliphatic hydroxyl groups is 1. The van der Waals surface area contributed by atoms with Gasteiger partial charge in [0.2, 0.25) is 0 Å². The van der Waals surface area contributed by atoms with Crippen LogP contribution in [-0.2, 0) is 9.47 Å². The number of amides is 1. The van der Waals surface area contributed by atoms with Crippen molar-refractivity contribution in [2.45, 2.75) is 13.3 Å². The zero-order valence-corrected chi connectivity index (χ0v) is 7.91. The Balaban J connectivity index is 3.08. The van der Waals surface area contributed by atoms with Gasteiger partial charge >= 0.3 is 6.09 Å². The molecule has 0 bridgehead atoms. The van der Waals surface area contributed by atoms with E-state index in [0.717, 1.165) is 6.42 Å². The molecule has 0 aliphatic carbocycles. The second kappa shape index (κ2) is 9.28. The predicted octanol–water partition coefficient (Wildman–Crippen LogP) is 0.131. The first-order chi connectivity index (χ1) is 6.31. The van der Waals surface area contributed by atoms with Gasteiger partial charge in [0.05, 0.1) is 19.8 Å². The van der Waals surface area contributed by atoms with Gasteiger partial charge in [-0.3, -0.25) is 0 Å². The van der Waals surface area contributed by atoms with E-state index >= 15 is 0 Å². The van der Waals surface area contributed by atoms with Gasteiger partial charge in [-0.25, -0.2) is 4.79 Å². The first-order valence-corrected chi connectivity index (χ1v) is 4.40. The summed E-state index contributed by atoms with van der Waals surface area (Å²) in [6, 6.07) is 0. The molecule has 5 heteroatoms. The molecule has 0 aliphatic heterocycles. The van der Waals surface area contributed by atoms with Crippen LogP contribution >= 0.6 is 0 Å². The molecule has 0 saturated heterocycles. The SMILES string of the molecule is CCCNC(=O)OCCOCCO. The maximum Gasteiger partial charge on any atom is 0.407 e. The molecule has 5 nitrogen and oxygen atoms in total. The van der Waals surface area contributed by atoms with E-state index in [1.165, 1.54) is 0 Å². The molecule has 0 aromatic heterocycles. The average molecular weight is 191 g/mol. The van der Waals surface area contributed by atoms with E-state index in [-0.39, 0.29) is 19.8 Å². The summed E-state index contributed by atoms with van der Waals surface area (Å²) in [5.74, 6) is 0. The fourth-order valence-electron chi connectivity index (χ4n) is 0.638. The minimum absolute atomic E-state index is 0.0119. The lowest BCUT2D eigenvalue weighted by atomic mass is 10.5. The van der Waals surface area contributed by atoms with Gasteiger partial charge in [0, 0.05) is 6.54 Å².